The number of thioether (sulfide) groups is 1. The molecule has 0 spiro atoms. The van der Waals surface area contributed by atoms with E-state index in [9.17, 15) is 9.59 Å². The number of carbonyl (C=O) groups excluding carboxylic acids is 2. The largest absolute Gasteiger partial charge is 0.497 e. The Balaban J connectivity index is 1.37. The molecule has 168 valence electrons. The molecule has 0 saturated carbocycles. The van der Waals surface area contributed by atoms with Crippen molar-refractivity contribution < 1.29 is 14.3 Å². The first-order chi connectivity index (χ1) is 15.6. The van der Waals surface area contributed by atoms with E-state index in [1.54, 1.807) is 12.0 Å². The van der Waals surface area contributed by atoms with Gasteiger partial charge in [0.05, 0.1) is 18.8 Å². The SMILES string of the molecule is COc1ccc([C@@H](CNC(=O)[C@@]23CCC(=O)N2c2ccccc2S3)N2CCCCC2)cc1. The van der Waals surface area contributed by atoms with Gasteiger partial charge < -0.3 is 10.1 Å². The number of amides is 2. The molecule has 0 aliphatic carbocycles. The number of hydrogen-bond acceptors (Lipinski definition) is 5. The van der Waals surface area contributed by atoms with Crippen LogP contribution < -0.4 is 15.0 Å². The highest BCUT2D eigenvalue weighted by Crippen LogP contribution is 2.55. The number of carbonyl (C=O) groups is 2. The second-order valence-electron chi connectivity index (χ2n) is 8.68. The quantitative estimate of drug-likeness (QED) is 0.720. The van der Waals surface area contributed by atoms with Crippen LogP contribution in [-0.2, 0) is 9.59 Å². The number of hydrogen-bond donors (Lipinski definition) is 1. The van der Waals surface area contributed by atoms with Crippen LogP contribution in [0.3, 0.4) is 0 Å². The van der Waals surface area contributed by atoms with Crippen molar-refractivity contribution in [2.75, 3.05) is 31.6 Å². The zero-order valence-corrected chi connectivity index (χ0v) is 19.2. The molecule has 32 heavy (non-hydrogen) atoms. The fourth-order valence-corrected chi connectivity index (χ4v) is 6.57. The number of piperidine rings is 1. The third-order valence-corrected chi connectivity index (χ3v) is 8.29. The number of rotatable bonds is 6. The molecule has 0 bridgehead atoms. The molecule has 7 heteroatoms. The smallest absolute Gasteiger partial charge is 0.257 e. The van der Waals surface area contributed by atoms with Crippen LogP contribution in [0.2, 0.25) is 0 Å². The topological polar surface area (TPSA) is 61.9 Å². The minimum atomic E-state index is -0.868. The number of methoxy groups -OCH3 is 1. The summed E-state index contributed by atoms with van der Waals surface area (Å²) in [6, 6.07) is 16.1. The average molecular weight is 452 g/mol. The van der Waals surface area contributed by atoms with Gasteiger partial charge in [-0.25, -0.2) is 0 Å². The summed E-state index contributed by atoms with van der Waals surface area (Å²) in [6.07, 6.45) is 4.56. The summed E-state index contributed by atoms with van der Waals surface area (Å²) in [4.78, 5) is 30.7. The molecule has 1 N–H and O–H groups in total. The first-order valence-corrected chi connectivity index (χ1v) is 12.2. The zero-order valence-electron chi connectivity index (χ0n) is 18.4. The van der Waals surface area contributed by atoms with Crippen molar-refractivity contribution in [3.05, 3.63) is 54.1 Å². The van der Waals surface area contributed by atoms with Gasteiger partial charge in [-0.15, -0.1) is 0 Å². The lowest BCUT2D eigenvalue weighted by Gasteiger charge is -2.36. The van der Waals surface area contributed by atoms with E-state index in [0.717, 1.165) is 29.4 Å². The molecule has 6 nitrogen and oxygen atoms in total. The summed E-state index contributed by atoms with van der Waals surface area (Å²) >= 11 is 1.52. The molecule has 2 aromatic carbocycles. The Kier molecular flexibility index (Phi) is 5.86. The summed E-state index contributed by atoms with van der Waals surface area (Å²) < 4.78 is 5.32. The average Bonchev–Trinajstić information content (AvgIpc) is 3.36. The second kappa shape index (κ2) is 8.79. The molecule has 0 unspecified atom stereocenters. The Bertz CT molecular complexity index is 1010. The zero-order chi connectivity index (χ0) is 22.1. The predicted molar refractivity (Wildman–Crippen MR) is 126 cm³/mol. The second-order valence-corrected chi connectivity index (χ2v) is 10.00. The van der Waals surface area contributed by atoms with Gasteiger partial charge in [0, 0.05) is 17.9 Å². The number of ether oxygens (including phenoxy) is 1. The number of nitrogens with one attached hydrogen (secondary N) is 1. The first kappa shape index (κ1) is 21.3. The summed E-state index contributed by atoms with van der Waals surface area (Å²) in [6.45, 7) is 2.58. The molecule has 0 radical (unpaired) electrons. The summed E-state index contributed by atoms with van der Waals surface area (Å²) in [5, 5.41) is 3.24. The lowest BCUT2D eigenvalue weighted by atomic mass is 10.0. The molecule has 3 aliphatic rings. The van der Waals surface area contributed by atoms with Crippen LogP contribution in [0, 0.1) is 0 Å². The van der Waals surface area contributed by atoms with E-state index < -0.39 is 4.87 Å². The van der Waals surface area contributed by atoms with Gasteiger partial charge >= 0.3 is 0 Å². The first-order valence-electron chi connectivity index (χ1n) is 11.4. The predicted octanol–water partition coefficient (Wildman–Crippen LogP) is 3.97. The fraction of sp³-hybridized carbons (Fsp3) is 0.440. The van der Waals surface area contributed by atoms with Crippen molar-refractivity contribution >= 4 is 29.3 Å². The van der Waals surface area contributed by atoms with E-state index in [1.165, 1.54) is 36.6 Å². The molecule has 2 saturated heterocycles. The minimum absolute atomic E-state index is 0.0281. The lowest BCUT2D eigenvalue weighted by Crippen LogP contribution is -2.53. The molecule has 0 aromatic heterocycles. The van der Waals surface area contributed by atoms with Crippen LogP contribution in [0.15, 0.2) is 53.4 Å². The van der Waals surface area contributed by atoms with E-state index in [-0.39, 0.29) is 17.9 Å². The van der Waals surface area contributed by atoms with Crippen LogP contribution >= 0.6 is 11.8 Å². The standard InChI is InChI=1S/C25H29N3O3S/c1-31-19-11-9-18(10-12-19)21(27-15-5-2-6-16-27)17-26-24(30)25-14-13-23(29)28(25)20-7-3-4-8-22(20)32-25/h3-4,7-12,21H,2,5-6,13-17H2,1H3,(H,26,30)/t21-,25+/m1/s1. The molecule has 2 amide bonds. The molecular weight excluding hydrogens is 422 g/mol. The Morgan fingerprint density at radius 3 is 2.62 bits per heavy atom. The van der Waals surface area contributed by atoms with Crippen molar-refractivity contribution in [2.45, 2.75) is 47.9 Å². The van der Waals surface area contributed by atoms with Gasteiger partial charge in [0.15, 0.2) is 4.87 Å². The summed E-state index contributed by atoms with van der Waals surface area (Å²) in [5.74, 6) is 0.787. The van der Waals surface area contributed by atoms with E-state index in [0.29, 0.717) is 19.4 Å². The highest BCUT2D eigenvalue weighted by molar-refractivity contribution is 8.02. The van der Waals surface area contributed by atoms with E-state index in [1.807, 2.05) is 36.4 Å². The molecule has 2 aromatic rings. The number of likely N-dealkylation sites (tertiary alicyclic amines) is 1. The maximum Gasteiger partial charge on any atom is 0.257 e. The van der Waals surface area contributed by atoms with Crippen molar-refractivity contribution in [2.24, 2.45) is 0 Å². The maximum absolute atomic E-state index is 13.6. The van der Waals surface area contributed by atoms with E-state index >= 15 is 0 Å². The third-order valence-electron chi connectivity index (χ3n) is 6.82. The van der Waals surface area contributed by atoms with Gasteiger partial charge in [-0.3, -0.25) is 19.4 Å². The van der Waals surface area contributed by atoms with Crippen LogP contribution in [0.4, 0.5) is 5.69 Å². The summed E-state index contributed by atoms with van der Waals surface area (Å²) in [7, 11) is 1.67. The molecule has 2 atom stereocenters. The van der Waals surface area contributed by atoms with Crippen LogP contribution in [0.5, 0.6) is 5.75 Å². The third kappa shape index (κ3) is 3.67. The number of nitrogens with zero attached hydrogens (tertiary/aromatic N) is 2. The molecular formula is C25H29N3O3S. The van der Waals surface area contributed by atoms with Gasteiger partial charge in [-0.2, -0.15) is 0 Å². The molecule has 5 rings (SSSR count). The lowest BCUT2D eigenvalue weighted by molar-refractivity contribution is -0.125. The number of anilines is 1. The van der Waals surface area contributed by atoms with Crippen LogP contribution in [0.25, 0.3) is 0 Å². The van der Waals surface area contributed by atoms with Gasteiger partial charge in [0.25, 0.3) is 5.91 Å². The minimum Gasteiger partial charge on any atom is -0.497 e. The van der Waals surface area contributed by atoms with Gasteiger partial charge in [0.2, 0.25) is 5.91 Å². The van der Waals surface area contributed by atoms with Gasteiger partial charge in [-0.1, -0.05) is 42.4 Å². The van der Waals surface area contributed by atoms with Crippen molar-refractivity contribution in [3.63, 3.8) is 0 Å². The van der Waals surface area contributed by atoms with Crippen molar-refractivity contribution in [1.82, 2.24) is 10.2 Å². The van der Waals surface area contributed by atoms with Crippen LogP contribution in [0.1, 0.15) is 43.7 Å². The molecule has 3 heterocycles. The molecule has 2 fully saturated rings. The Morgan fingerprint density at radius 2 is 1.88 bits per heavy atom. The highest BCUT2D eigenvalue weighted by Gasteiger charge is 2.57. The van der Waals surface area contributed by atoms with Crippen molar-refractivity contribution in [1.29, 1.82) is 0 Å². The number of benzene rings is 2. The highest BCUT2D eigenvalue weighted by atomic mass is 32.2. The summed E-state index contributed by atoms with van der Waals surface area (Å²) in [5.41, 5.74) is 2.03. The number of para-hydroxylation sites is 1. The maximum atomic E-state index is 13.6. The Hall–Kier alpha value is -2.51. The fourth-order valence-electron chi connectivity index (χ4n) is 5.14. The molecule has 3 aliphatic heterocycles. The van der Waals surface area contributed by atoms with Gasteiger partial charge in [0.1, 0.15) is 5.75 Å². The Morgan fingerprint density at radius 1 is 1.12 bits per heavy atom. The van der Waals surface area contributed by atoms with E-state index in [2.05, 4.69) is 22.3 Å². The Labute approximate surface area is 193 Å². The normalized spacial score (nSPS) is 23.5. The van der Waals surface area contributed by atoms with E-state index in [4.69, 9.17) is 4.74 Å². The monoisotopic (exact) mass is 451 g/mol. The van der Waals surface area contributed by atoms with Gasteiger partial charge in [-0.05, 0) is 62.2 Å². The van der Waals surface area contributed by atoms with Crippen LogP contribution in [-0.4, -0.2) is 48.3 Å². The number of fused-ring (bicyclic) bond motifs is 3. The van der Waals surface area contributed by atoms with Crippen molar-refractivity contribution in [3.8, 4) is 5.75 Å².